The van der Waals surface area contributed by atoms with Crippen LogP contribution in [0.15, 0.2) is 29.2 Å². The first-order valence-corrected chi connectivity index (χ1v) is 16.2. The van der Waals surface area contributed by atoms with Crippen LogP contribution in [0.2, 0.25) is 0 Å². The number of hydrogen-bond acceptors (Lipinski definition) is 8. The van der Waals surface area contributed by atoms with E-state index in [-0.39, 0.29) is 12.3 Å². The third-order valence-corrected chi connectivity index (χ3v) is 9.84. The standard InChI is InChI=1S/C25H44N4O5S2/c1-6-27(22(2)19-23-9-11-25(12-10-23)35(5,31)32)13-7-8-14-28-15-16-29(20-24(28)21-30)36(33,34)18-17-26(3)4/h9-12,21-22,24H,6-8,13-20H2,1-5H3. The molecule has 1 aromatic carbocycles. The molecule has 0 radical (unpaired) electrons. The lowest BCUT2D eigenvalue weighted by Crippen LogP contribution is -2.56. The number of rotatable bonds is 15. The zero-order valence-electron chi connectivity index (χ0n) is 22.5. The molecule has 2 rings (SSSR count). The van der Waals surface area contributed by atoms with Gasteiger partial charge in [-0.25, -0.2) is 16.8 Å². The number of likely N-dealkylation sites (N-methyl/N-ethyl adjacent to an activating group) is 1. The number of aldehydes is 1. The molecular formula is C25H44N4O5S2. The highest BCUT2D eigenvalue weighted by molar-refractivity contribution is 7.90. The van der Waals surface area contributed by atoms with Gasteiger partial charge in [-0.2, -0.15) is 4.31 Å². The Morgan fingerprint density at radius 1 is 1.06 bits per heavy atom. The molecule has 1 fully saturated rings. The van der Waals surface area contributed by atoms with Crippen molar-refractivity contribution in [3.8, 4) is 0 Å². The first-order chi connectivity index (χ1) is 16.9. The van der Waals surface area contributed by atoms with Gasteiger partial charge in [-0.3, -0.25) is 4.90 Å². The number of carbonyl (C=O) groups excluding carboxylic acids is 1. The molecule has 0 spiro atoms. The maximum atomic E-state index is 12.6. The number of sulfone groups is 1. The molecule has 11 heteroatoms. The molecule has 1 saturated heterocycles. The molecule has 206 valence electrons. The van der Waals surface area contributed by atoms with Crippen molar-refractivity contribution in [2.24, 2.45) is 0 Å². The minimum atomic E-state index is -3.36. The molecule has 2 unspecified atom stereocenters. The minimum Gasteiger partial charge on any atom is -0.308 e. The van der Waals surface area contributed by atoms with E-state index in [1.165, 1.54) is 10.6 Å². The van der Waals surface area contributed by atoms with Gasteiger partial charge in [0.05, 0.1) is 16.7 Å². The second-order valence-corrected chi connectivity index (χ2v) is 14.1. The molecular weight excluding hydrogens is 500 g/mol. The van der Waals surface area contributed by atoms with Crippen LogP contribution in [0, 0.1) is 0 Å². The second kappa shape index (κ2) is 14.0. The van der Waals surface area contributed by atoms with Gasteiger partial charge < -0.3 is 14.6 Å². The fourth-order valence-electron chi connectivity index (χ4n) is 4.57. The number of sulfonamides is 1. The van der Waals surface area contributed by atoms with E-state index in [2.05, 4.69) is 23.6 Å². The van der Waals surface area contributed by atoms with Crippen LogP contribution in [0.4, 0.5) is 0 Å². The summed E-state index contributed by atoms with van der Waals surface area (Å²) in [6.45, 7) is 8.65. The number of carbonyl (C=O) groups is 1. The third kappa shape index (κ3) is 9.50. The summed E-state index contributed by atoms with van der Waals surface area (Å²) in [6.07, 6.45) is 4.86. The van der Waals surface area contributed by atoms with Crippen LogP contribution >= 0.6 is 0 Å². The SMILES string of the molecule is CCN(CCCCN1CCN(S(=O)(=O)CCN(C)C)CC1C=O)C(C)Cc1ccc(S(C)(=O)=O)cc1. The molecule has 0 aliphatic carbocycles. The van der Waals surface area contributed by atoms with Gasteiger partial charge in [-0.1, -0.05) is 19.1 Å². The van der Waals surface area contributed by atoms with Crippen LogP contribution in [0.3, 0.4) is 0 Å². The third-order valence-electron chi connectivity index (χ3n) is 6.90. The highest BCUT2D eigenvalue weighted by atomic mass is 32.2. The molecule has 1 heterocycles. The van der Waals surface area contributed by atoms with E-state index in [0.29, 0.717) is 30.6 Å². The van der Waals surface area contributed by atoms with Crippen LogP contribution in [-0.4, -0.2) is 126 Å². The molecule has 0 amide bonds. The van der Waals surface area contributed by atoms with Gasteiger partial charge in [0, 0.05) is 38.5 Å². The first kappa shape index (κ1) is 30.9. The van der Waals surface area contributed by atoms with Crippen molar-refractivity contribution in [1.82, 2.24) is 19.0 Å². The molecule has 1 aromatic rings. The van der Waals surface area contributed by atoms with Crippen molar-refractivity contribution in [1.29, 1.82) is 0 Å². The predicted molar refractivity (Wildman–Crippen MR) is 145 cm³/mol. The number of nitrogens with zero attached hydrogens (tertiary/aromatic N) is 4. The summed E-state index contributed by atoms with van der Waals surface area (Å²) in [5.41, 5.74) is 1.11. The Balaban J connectivity index is 1.80. The molecule has 1 aliphatic heterocycles. The topological polar surface area (TPSA) is 98.3 Å². The summed E-state index contributed by atoms with van der Waals surface area (Å²) in [7, 11) is -2.85. The zero-order chi connectivity index (χ0) is 26.9. The monoisotopic (exact) mass is 544 g/mol. The lowest BCUT2D eigenvalue weighted by molar-refractivity contribution is -0.113. The highest BCUT2D eigenvalue weighted by Gasteiger charge is 2.32. The van der Waals surface area contributed by atoms with Crippen molar-refractivity contribution < 1.29 is 21.6 Å². The van der Waals surface area contributed by atoms with E-state index in [1.807, 2.05) is 31.1 Å². The van der Waals surface area contributed by atoms with Gasteiger partial charge in [-0.15, -0.1) is 0 Å². The summed E-state index contributed by atoms with van der Waals surface area (Å²) in [4.78, 5) is 18.4. The van der Waals surface area contributed by atoms with Gasteiger partial charge in [0.25, 0.3) is 0 Å². The molecule has 1 aliphatic rings. The number of piperazine rings is 1. The van der Waals surface area contributed by atoms with E-state index < -0.39 is 25.9 Å². The van der Waals surface area contributed by atoms with Crippen molar-refractivity contribution in [3.05, 3.63) is 29.8 Å². The van der Waals surface area contributed by atoms with Crippen LogP contribution < -0.4 is 0 Å². The van der Waals surface area contributed by atoms with Crippen molar-refractivity contribution >= 4 is 26.1 Å². The Morgan fingerprint density at radius 3 is 2.28 bits per heavy atom. The summed E-state index contributed by atoms with van der Waals surface area (Å²) in [5.74, 6) is 0.0679. The lowest BCUT2D eigenvalue weighted by atomic mass is 10.1. The Hall–Kier alpha value is -1.37. The smallest absolute Gasteiger partial charge is 0.215 e. The van der Waals surface area contributed by atoms with E-state index >= 15 is 0 Å². The molecule has 0 bridgehead atoms. The minimum absolute atomic E-state index is 0.0679. The Bertz CT molecular complexity index is 1030. The number of hydrogen-bond donors (Lipinski definition) is 0. The maximum Gasteiger partial charge on any atom is 0.215 e. The average molecular weight is 545 g/mol. The summed E-state index contributed by atoms with van der Waals surface area (Å²) in [6, 6.07) is 7.04. The van der Waals surface area contributed by atoms with Crippen molar-refractivity contribution in [3.63, 3.8) is 0 Å². The van der Waals surface area contributed by atoms with E-state index in [0.717, 1.165) is 50.7 Å². The normalized spacial score (nSPS) is 19.1. The number of unbranched alkanes of at least 4 members (excludes halogenated alkanes) is 1. The summed E-state index contributed by atoms with van der Waals surface area (Å²) in [5, 5.41) is 0. The molecule has 0 aromatic heterocycles. The average Bonchev–Trinajstić information content (AvgIpc) is 2.82. The van der Waals surface area contributed by atoms with Crippen LogP contribution in [0.25, 0.3) is 0 Å². The Kier molecular flexibility index (Phi) is 12.0. The molecule has 0 N–H and O–H groups in total. The molecule has 9 nitrogen and oxygen atoms in total. The lowest BCUT2D eigenvalue weighted by Gasteiger charge is -2.38. The van der Waals surface area contributed by atoms with E-state index in [4.69, 9.17) is 0 Å². The van der Waals surface area contributed by atoms with Crippen LogP contribution in [-0.2, 0) is 31.1 Å². The quantitative estimate of drug-likeness (QED) is 0.240. The van der Waals surface area contributed by atoms with Crippen LogP contribution in [0.1, 0.15) is 32.3 Å². The fourth-order valence-corrected chi connectivity index (χ4v) is 6.79. The van der Waals surface area contributed by atoms with Gasteiger partial charge in [0.2, 0.25) is 10.0 Å². The molecule has 0 saturated carbocycles. The van der Waals surface area contributed by atoms with Gasteiger partial charge in [0.1, 0.15) is 6.29 Å². The molecule has 2 atom stereocenters. The van der Waals surface area contributed by atoms with Gasteiger partial charge in [-0.05, 0) is 77.6 Å². The highest BCUT2D eigenvalue weighted by Crippen LogP contribution is 2.16. The van der Waals surface area contributed by atoms with Crippen molar-refractivity contribution in [2.75, 3.05) is 71.9 Å². The first-order valence-electron chi connectivity index (χ1n) is 12.7. The van der Waals surface area contributed by atoms with Crippen LogP contribution in [0.5, 0.6) is 0 Å². The fraction of sp³-hybridized carbons (Fsp3) is 0.720. The van der Waals surface area contributed by atoms with E-state index in [9.17, 15) is 21.6 Å². The summed E-state index contributed by atoms with van der Waals surface area (Å²) < 4.78 is 50.0. The maximum absolute atomic E-state index is 12.6. The van der Waals surface area contributed by atoms with E-state index in [1.54, 1.807) is 12.1 Å². The van der Waals surface area contributed by atoms with Gasteiger partial charge >= 0.3 is 0 Å². The van der Waals surface area contributed by atoms with Crippen molar-refractivity contribution in [2.45, 2.75) is 50.1 Å². The summed E-state index contributed by atoms with van der Waals surface area (Å²) >= 11 is 0. The molecule has 36 heavy (non-hydrogen) atoms. The Morgan fingerprint density at radius 2 is 1.72 bits per heavy atom. The van der Waals surface area contributed by atoms with Gasteiger partial charge in [0.15, 0.2) is 9.84 Å². The number of benzene rings is 1. The zero-order valence-corrected chi connectivity index (χ0v) is 24.1. The predicted octanol–water partition coefficient (Wildman–Crippen LogP) is 1.20. The second-order valence-electron chi connectivity index (χ2n) is 10.0. The largest absolute Gasteiger partial charge is 0.308 e. The Labute approximate surface area is 218 Å².